The standard InChI is InChI=1S/C23H22O/c1-2-18-22(19-12-6-3-7-13-19)23(24-22,20-14-8-4-9-15-20)21-16-10-5-11-17-21/h3-17H,2,18H2,1H3. The van der Waals surface area contributed by atoms with E-state index in [1.165, 1.54) is 16.7 Å². The average molecular weight is 314 g/mol. The zero-order chi connectivity index (χ0) is 16.5. The highest BCUT2D eigenvalue weighted by atomic mass is 16.6. The van der Waals surface area contributed by atoms with Crippen molar-refractivity contribution < 1.29 is 4.74 Å². The third-order valence-electron chi connectivity index (χ3n) is 5.06. The molecule has 0 saturated carbocycles. The van der Waals surface area contributed by atoms with Gasteiger partial charge in [-0.25, -0.2) is 0 Å². The maximum atomic E-state index is 6.69. The number of epoxide rings is 1. The third-order valence-corrected chi connectivity index (χ3v) is 5.06. The molecule has 1 nitrogen and oxygen atoms in total. The lowest BCUT2D eigenvalue weighted by molar-refractivity contribution is 0.267. The van der Waals surface area contributed by atoms with E-state index in [-0.39, 0.29) is 5.60 Å². The molecule has 1 saturated heterocycles. The molecule has 0 N–H and O–H groups in total. The predicted molar refractivity (Wildman–Crippen MR) is 97.8 cm³/mol. The molecule has 120 valence electrons. The minimum absolute atomic E-state index is 0.286. The van der Waals surface area contributed by atoms with Gasteiger partial charge in [0.05, 0.1) is 0 Å². The highest BCUT2D eigenvalue weighted by Crippen LogP contribution is 2.67. The van der Waals surface area contributed by atoms with Crippen LogP contribution >= 0.6 is 0 Å². The zero-order valence-electron chi connectivity index (χ0n) is 14.0. The fourth-order valence-corrected chi connectivity index (χ4v) is 4.03. The first kappa shape index (κ1) is 15.2. The smallest absolute Gasteiger partial charge is 0.153 e. The van der Waals surface area contributed by atoms with E-state index in [4.69, 9.17) is 4.74 Å². The predicted octanol–water partition coefficient (Wildman–Crippen LogP) is 5.66. The molecule has 3 aromatic carbocycles. The molecule has 0 spiro atoms. The molecule has 1 aliphatic rings. The van der Waals surface area contributed by atoms with Crippen LogP contribution in [0.2, 0.25) is 0 Å². The lowest BCUT2D eigenvalue weighted by Crippen LogP contribution is -2.24. The molecule has 0 bridgehead atoms. The molecule has 1 heterocycles. The minimum atomic E-state index is -0.396. The van der Waals surface area contributed by atoms with Gasteiger partial charge >= 0.3 is 0 Å². The Hall–Kier alpha value is -2.38. The maximum absolute atomic E-state index is 6.69. The Bertz CT molecular complexity index is 756. The van der Waals surface area contributed by atoms with Crippen molar-refractivity contribution in [2.75, 3.05) is 0 Å². The van der Waals surface area contributed by atoms with Crippen LogP contribution in [-0.4, -0.2) is 0 Å². The molecule has 1 aliphatic heterocycles. The van der Waals surface area contributed by atoms with Gasteiger partial charge in [-0.3, -0.25) is 0 Å². The largest absolute Gasteiger partial charge is 0.347 e. The monoisotopic (exact) mass is 314 g/mol. The summed E-state index contributed by atoms with van der Waals surface area (Å²) in [6.07, 6.45) is 2.08. The first-order valence-electron chi connectivity index (χ1n) is 8.70. The summed E-state index contributed by atoms with van der Waals surface area (Å²) >= 11 is 0. The van der Waals surface area contributed by atoms with Crippen molar-refractivity contribution in [1.82, 2.24) is 0 Å². The van der Waals surface area contributed by atoms with Crippen molar-refractivity contribution in [1.29, 1.82) is 0 Å². The second-order valence-corrected chi connectivity index (χ2v) is 6.46. The van der Waals surface area contributed by atoms with E-state index in [0.29, 0.717) is 0 Å². The molecule has 0 amide bonds. The number of benzene rings is 3. The van der Waals surface area contributed by atoms with Gasteiger partial charge in [-0.15, -0.1) is 0 Å². The van der Waals surface area contributed by atoms with Crippen molar-refractivity contribution in [3.8, 4) is 0 Å². The van der Waals surface area contributed by atoms with Crippen LogP contribution in [-0.2, 0) is 15.9 Å². The molecule has 0 aromatic heterocycles. The second-order valence-electron chi connectivity index (χ2n) is 6.46. The Labute approximate surface area is 143 Å². The van der Waals surface area contributed by atoms with Crippen LogP contribution < -0.4 is 0 Å². The number of hydrogen-bond donors (Lipinski definition) is 0. The Morgan fingerprint density at radius 2 is 1.04 bits per heavy atom. The van der Waals surface area contributed by atoms with Crippen LogP contribution in [0.4, 0.5) is 0 Å². The summed E-state index contributed by atoms with van der Waals surface area (Å²) in [7, 11) is 0. The van der Waals surface area contributed by atoms with Gasteiger partial charge in [0.15, 0.2) is 5.60 Å². The van der Waals surface area contributed by atoms with E-state index in [9.17, 15) is 0 Å². The number of rotatable bonds is 5. The van der Waals surface area contributed by atoms with Crippen molar-refractivity contribution >= 4 is 0 Å². The molecule has 4 rings (SSSR count). The van der Waals surface area contributed by atoms with Crippen molar-refractivity contribution in [3.63, 3.8) is 0 Å². The molecule has 1 heteroatoms. The summed E-state index contributed by atoms with van der Waals surface area (Å²) in [5, 5.41) is 0. The minimum Gasteiger partial charge on any atom is -0.347 e. The zero-order valence-corrected chi connectivity index (χ0v) is 14.0. The van der Waals surface area contributed by atoms with Crippen molar-refractivity contribution in [2.24, 2.45) is 0 Å². The second kappa shape index (κ2) is 5.92. The normalized spacial score (nSPS) is 21.4. The fraction of sp³-hybridized carbons (Fsp3) is 0.217. The van der Waals surface area contributed by atoms with Gasteiger partial charge in [0.2, 0.25) is 0 Å². The van der Waals surface area contributed by atoms with E-state index in [1.807, 2.05) is 0 Å². The summed E-state index contributed by atoms with van der Waals surface area (Å²) in [5.41, 5.74) is 3.04. The Balaban J connectivity index is 1.93. The number of ether oxygens (including phenoxy) is 1. The van der Waals surface area contributed by atoms with Crippen molar-refractivity contribution in [3.05, 3.63) is 108 Å². The highest BCUT2D eigenvalue weighted by Gasteiger charge is 2.71. The first-order chi connectivity index (χ1) is 11.8. The van der Waals surface area contributed by atoms with Gasteiger partial charge in [0, 0.05) is 0 Å². The fourth-order valence-electron chi connectivity index (χ4n) is 4.03. The summed E-state index contributed by atoms with van der Waals surface area (Å²) in [4.78, 5) is 0. The van der Waals surface area contributed by atoms with E-state index >= 15 is 0 Å². The van der Waals surface area contributed by atoms with Gasteiger partial charge in [0.25, 0.3) is 0 Å². The van der Waals surface area contributed by atoms with Gasteiger partial charge in [-0.2, -0.15) is 0 Å². The van der Waals surface area contributed by atoms with E-state index in [1.54, 1.807) is 0 Å². The Morgan fingerprint density at radius 3 is 1.46 bits per heavy atom. The molecule has 1 fully saturated rings. The topological polar surface area (TPSA) is 12.5 Å². The van der Waals surface area contributed by atoms with Crippen LogP contribution in [0.3, 0.4) is 0 Å². The molecule has 3 aromatic rings. The molecule has 24 heavy (non-hydrogen) atoms. The molecular formula is C23H22O. The van der Waals surface area contributed by atoms with Gasteiger partial charge in [-0.05, 0) is 23.1 Å². The lowest BCUT2D eigenvalue weighted by Gasteiger charge is -2.21. The Kier molecular flexibility index (Phi) is 3.74. The highest BCUT2D eigenvalue weighted by molar-refractivity contribution is 5.50. The summed E-state index contributed by atoms with van der Waals surface area (Å²) in [5.74, 6) is 0. The lowest BCUT2D eigenvalue weighted by atomic mass is 9.75. The average Bonchev–Trinajstić information content (AvgIpc) is 3.35. The first-order valence-corrected chi connectivity index (χ1v) is 8.70. The molecule has 0 aliphatic carbocycles. The van der Waals surface area contributed by atoms with E-state index in [2.05, 4.69) is 97.9 Å². The van der Waals surface area contributed by atoms with Crippen LogP contribution in [0, 0.1) is 0 Å². The van der Waals surface area contributed by atoms with Crippen LogP contribution in [0.15, 0.2) is 91.0 Å². The maximum Gasteiger partial charge on any atom is 0.153 e. The number of hydrogen-bond acceptors (Lipinski definition) is 1. The quantitative estimate of drug-likeness (QED) is 0.554. The molecule has 1 atom stereocenters. The third kappa shape index (κ3) is 2.12. The summed E-state index contributed by atoms with van der Waals surface area (Å²) < 4.78 is 6.69. The van der Waals surface area contributed by atoms with E-state index in [0.717, 1.165) is 12.8 Å². The molecule has 0 radical (unpaired) electrons. The van der Waals surface area contributed by atoms with Crippen LogP contribution in [0.1, 0.15) is 36.5 Å². The summed E-state index contributed by atoms with van der Waals surface area (Å²) in [6, 6.07) is 32.0. The molecular weight excluding hydrogens is 292 g/mol. The van der Waals surface area contributed by atoms with Gasteiger partial charge in [0.1, 0.15) is 5.60 Å². The summed E-state index contributed by atoms with van der Waals surface area (Å²) in [6.45, 7) is 2.23. The Morgan fingerprint density at radius 1 is 0.625 bits per heavy atom. The van der Waals surface area contributed by atoms with Crippen molar-refractivity contribution in [2.45, 2.75) is 31.0 Å². The van der Waals surface area contributed by atoms with Gasteiger partial charge < -0.3 is 4.74 Å². The van der Waals surface area contributed by atoms with Crippen LogP contribution in [0.25, 0.3) is 0 Å². The van der Waals surface area contributed by atoms with Crippen LogP contribution in [0.5, 0.6) is 0 Å². The SMILES string of the molecule is CCCC1(c2ccccc2)OC1(c1ccccc1)c1ccccc1. The van der Waals surface area contributed by atoms with Gasteiger partial charge in [-0.1, -0.05) is 104 Å². The van der Waals surface area contributed by atoms with E-state index < -0.39 is 5.60 Å². The molecule has 1 unspecified atom stereocenters.